The van der Waals surface area contributed by atoms with E-state index in [0.717, 1.165) is 31.9 Å². The van der Waals surface area contributed by atoms with E-state index in [4.69, 9.17) is 0 Å². The van der Waals surface area contributed by atoms with Crippen LogP contribution in [-0.4, -0.2) is 47.5 Å². The summed E-state index contributed by atoms with van der Waals surface area (Å²) >= 11 is 0. The molecule has 0 aromatic heterocycles. The number of carbonyl (C=O) groups is 1. The van der Waals surface area contributed by atoms with Crippen molar-refractivity contribution >= 4 is 11.7 Å². The predicted octanol–water partition coefficient (Wildman–Crippen LogP) is 2.63. The number of rotatable bonds is 1. The van der Waals surface area contributed by atoms with Gasteiger partial charge in [0.05, 0.1) is 0 Å². The SMILES string of the molecule is CC(C)(C)N1CCN(C(=O)Nc2ccccc2)CC1. The highest BCUT2D eigenvalue weighted by Gasteiger charge is 2.27. The lowest BCUT2D eigenvalue weighted by molar-refractivity contribution is 0.0774. The maximum absolute atomic E-state index is 12.1. The Hall–Kier alpha value is -1.55. The van der Waals surface area contributed by atoms with Crippen molar-refractivity contribution in [1.29, 1.82) is 0 Å². The summed E-state index contributed by atoms with van der Waals surface area (Å²) in [5, 5.41) is 2.93. The third-order valence-corrected chi connectivity index (χ3v) is 3.54. The lowest BCUT2D eigenvalue weighted by atomic mass is 10.1. The third kappa shape index (κ3) is 3.70. The Morgan fingerprint density at radius 2 is 1.63 bits per heavy atom. The molecule has 4 nitrogen and oxygen atoms in total. The average molecular weight is 261 g/mol. The Balaban J connectivity index is 1.86. The van der Waals surface area contributed by atoms with Gasteiger partial charge in [0.1, 0.15) is 0 Å². The molecule has 0 saturated carbocycles. The Morgan fingerprint density at radius 1 is 1.05 bits per heavy atom. The van der Waals surface area contributed by atoms with E-state index in [1.165, 1.54) is 0 Å². The van der Waals surface area contributed by atoms with Crippen LogP contribution in [0.3, 0.4) is 0 Å². The van der Waals surface area contributed by atoms with Gasteiger partial charge in [-0.05, 0) is 32.9 Å². The first-order valence-corrected chi connectivity index (χ1v) is 6.83. The van der Waals surface area contributed by atoms with E-state index >= 15 is 0 Å². The Bertz CT molecular complexity index is 417. The van der Waals surface area contributed by atoms with E-state index < -0.39 is 0 Å². The molecule has 1 aliphatic rings. The molecule has 1 aromatic carbocycles. The lowest BCUT2D eigenvalue weighted by Gasteiger charge is -2.42. The molecule has 1 fully saturated rings. The molecule has 1 saturated heterocycles. The molecular formula is C15H23N3O. The summed E-state index contributed by atoms with van der Waals surface area (Å²) in [5.41, 5.74) is 1.04. The van der Waals surface area contributed by atoms with Crippen LogP contribution < -0.4 is 5.32 Å². The number of hydrogen-bond donors (Lipinski definition) is 1. The summed E-state index contributed by atoms with van der Waals surface area (Å²) in [6.45, 7) is 10.1. The number of piperazine rings is 1. The van der Waals surface area contributed by atoms with Gasteiger partial charge in [-0.2, -0.15) is 0 Å². The van der Waals surface area contributed by atoms with E-state index in [1.54, 1.807) is 0 Å². The van der Waals surface area contributed by atoms with Gasteiger partial charge in [-0.25, -0.2) is 4.79 Å². The minimum absolute atomic E-state index is 0.000223. The molecule has 1 aromatic rings. The standard InChI is InChI=1S/C15H23N3O/c1-15(2,3)18-11-9-17(10-12-18)14(19)16-13-7-5-4-6-8-13/h4-8H,9-12H2,1-3H3,(H,16,19). The van der Waals surface area contributed by atoms with Crippen LogP contribution in [0.25, 0.3) is 0 Å². The second-order valence-corrected chi connectivity index (χ2v) is 5.94. The van der Waals surface area contributed by atoms with Crippen molar-refractivity contribution in [1.82, 2.24) is 9.80 Å². The largest absolute Gasteiger partial charge is 0.322 e. The molecule has 1 N–H and O–H groups in total. The van der Waals surface area contributed by atoms with Crippen LogP contribution in [0, 0.1) is 0 Å². The van der Waals surface area contributed by atoms with Gasteiger partial charge in [0.25, 0.3) is 0 Å². The Morgan fingerprint density at radius 3 is 2.16 bits per heavy atom. The van der Waals surface area contributed by atoms with Crippen molar-refractivity contribution in [3.05, 3.63) is 30.3 Å². The van der Waals surface area contributed by atoms with Crippen molar-refractivity contribution in [2.45, 2.75) is 26.3 Å². The van der Waals surface area contributed by atoms with Crippen molar-refractivity contribution < 1.29 is 4.79 Å². The van der Waals surface area contributed by atoms with Crippen molar-refractivity contribution in [2.24, 2.45) is 0 Å². The highest BCUT2D eigenvalue weighted by molar-refractivity contribution is 5.89. The molecule has 104 valence electrons. The normalized spacial score (nSPS) is 17.3. The number of carbonyl (C=O) groups excluding carboxylic acids is 1. The minimum atomic E-state index is -0.000223. The third-order valence-electron chi connectivity index (χ3n) is 3.54. The van der Waals surface area contributed by atoms with Gasteiger partial charge in [-0.3, -0.25) is 4.90 Å². The zero-order valence-corrected chi connectivity index (χ0v) is 12.0. The van der Waals surface area contributed by atoms with Crippen LogP contribution in [0.4, 0.5) is 10.5 Å². The molecule has 0 radical (unpaired) electrons. The smallest absolute Gasteiger partial charge is 0.321 e. The lowest BCUT2D eigenvalue weighted by Crippen LogP contribution is -2.55. The van der Waals surface area contributed by atoms with Gasteiger partial charge in [0, 0.05) is 37.4 Å². The molecule has 0 unspecified atom stereocenters. The maximum Gasteiger partial charge on any atom is 0.321 e. The van der Waals surface area contributed by atoms with Gasteiger partial charge >= 0.3 is 6.03 Å². The summed E-state index contributed by atoms with van der Waals surface area (Å²) in [5.74, 6) is 0. The van der Waals surface area contributed by atoms with Crippen molar-refractivity contribution in [2.75, 3.05) is 31.5 Å². The number of nitrogens with zero attached hydrogens (tertiary/aromatic N) is 2. The van der Waals surface area contributed by atoms with Gasteiger partial charge < -0.3 is 10.2 Å². The highest BCUT2D eigenvalue weighted by atomic mass is 16.2. The number of nitrogens with one attached hydrogen (secondary N) is 1. The second kappa shape index (κ2) is 5.61. The molecule has 0 spiro atoms. The van der Waals surface area contributed by atoms with Crippen LogP contribution in [0.1, 0.15) is 20.8 Å². The topological polar surface area (TPSA) is 35.6 Å². The Labute approximate surface area is 115 Å². The van der Waals surface area contributed by atoms with E-state index in [1.807, 2.05) is 35.2 Å². The van der Waals surface area contributed by atoms with Crippen LogP contribution in [0.5, 0.6) is 0 Å². The molecule has 19 heavy (non-hydrogen) atoms. The van der Waals surface area contributed by atoms with Gasteiger partial charge in [-0.1, -0.05) is 18.2 Å². The summed E-state index contributed by atoms with van der Waals surface area (Å²) in [6.07, 6.45) is 0. The fourth-order valence-electron chi connectivity index (χ4n) is 2.30. The molecule has 0 bridgehead atoms. The minimum Gasteiger partial charge on any atom is -0.322 e. The summed E-state index contributed by atoms with van der Waals surface area (Å²) < 4.78 is 0. The molecule has 2 rings (SSSR count). The Kier molecular flexibility index (Phi) is 4.10. The highest BCUT2D eigenvalue weighted by Crippen LogP contribution is 2.16. The molecular weight excluding hydrogens is 238 g/mol. The maximum atomic E-state index is 12.1. The number of benzene rings is 1. The predicted molar refractivity (Wildman–Crippen MR) is 78.4 cm³/mol. The first-order chi connectivity index (χ1) is 8.97. The molecule has 1 aliphatic heterocycles. The average Bonchev–Trinajstić information content (AvgIpc) is 2.39. The number of urea groups is 1. The van der Waals surface area contributed by atoms with Crippen molar-refractivity contribution in [3.8, 4) is 0 Å². The van der Waals surface area contributed by atoms with Gasteiger partial charge in [-0.15, -0.1) is 0 Å². The van der Waals surface area contributed by atoms with E-state index in [2.05, 4.69) is 31.0 Å². The zero-order valence-electron chi connectivity index (χ0n) is 12.0. The van der Waals surface area contributed by atoms with Gasteiger partial charge in [0.2, 0.25) is 0 Å². The van der Waals surface area contributed by atoms with E-state index in [9.17, 15) is 4.79 Å². The van der Waals surface area contributed by atoms with Gasteiger partial charge in [0.15, 0.2) is 0 Å². The fourth-order valence-corrected chi connectivity index (χ4v) is 2.30. The van der Waals surface area contributed by atoms with Crippen LogP contribution in [0.15, 0.2) is 30.3 Å². The van der Waals surface area contributed by atoms with Crippen molar-refractivity contribution in [3.63, 3.8) is 0 Å². The van der Waals surface area contributed by atoms with E-state index in [0.29, 0.717) is 0 Å². The number of hydrogen-bond acceptors (Lipinski definition) is 2. The molecule has 0 atom stereocenters. The number of amides is 2. The monoisotopic (exact) mass is 261 g/mol. The fraction of sp³-hybridized carbons (Fsp3) is 0.533. The summed E-state index contributed by atoms with van der Waals surface area (Å²) in [4.78, 5) is 16.4. The summed E-state index contributed by atoms with van der Waals surface area (Å²) in [7, 11) is 0. The summed E-state index contributed by atoms with van der Waals surface area (Å²) in [6, 6.07) is 9.60. The molecule has 0 aliphatic carbocycles. The van der Waals surface area contributed by atoms with Crippen LogP contribution in [-0.2, 0) is 0 Å². The zero-order chi connectivity index (χ0) is 13.9. The molecule has 4 heteroatoms. The van der Waals surface area contributed by atoms with E-state index in [-0.39, 0.29) is 11.6 Å². The first kappa shape index (κ1) is 13.9. The second-order valence-electron chi connectivity index (χ2n) is 5.94. The molecule has 2 amide bonds. The quantitative estimate of drug-likeness (QED) is 0.843. The molecule has 1 heterocycles. The number of anilines is 1. The number of para-hydroxylation sites is 1. The van der Waals surface area contributed by atoms with Crippen LogP contribution >= 0.6 is 0 Å². The van der Waals surface area contributed by atoms with Crippen LogP contribution in [0.2, 0.25) is 0 Å². The first-order valence-electron chi connectivity index (χ1n) is 6.83.